The van der Waals surface area contributed by atoms with Crippen LogP contribution in [0.2, 0.25) is 0 Å². The molecule has 0 N–H and O–H groups in total. The molecule has 0 amide bonds. The van der Waals surface area contributed by atoms with E-state index in [0.29, 0.717) is 38.2 Å². The van der Waals surface area contributed by atoms with Gasteiger partial charge in [-0.2, -0.15) is 9.57 Å². The second-order valence-electron chi connectivity index (χ2n) is 5.62. The molecule has 0 bridgehead atoms. The molecule has 1 aromatic rings. The molecular formula is C16H23N3O4S. The first-order valence-corrected chi connectivity index (χ1v) is 9.30. The SMILES string of the molecule is CCCN(C1CCN(C#N)C1)S(=O)(=O)c1cc(OC)ccc1OC. The van der Waals surface area contributed by atoms with E-state index in [1.807, 2.05) is 6.92 Å². The van der Waals surface area contributed by atoms with Gasteiger partial charge >= 0.3 is 0 Å². The van der Waals surface area contributed by atoms with Crippen LogP contribution in [0.1, 0.15) is 19.8 Å². The van der Waals surface area contributed by atoms with Crippen LogP contribution in [0.5, 0.6) is 11.5 Å². The van der Waals surface area contributed by atoms with E-state index in [2.05, 4.69) is 6.19 Å². The molecule has 8 heteroatoms. The van der Waals surface area contributed by atoms with Crippen LogP contribution in [0, 0.1) is 11.5 Å². The maximum absolute atomic E-state index is 13.2. The van der Waals surface area contributed by atoms with Gasteiger partial charge in [0.05, 0.1) is 14.2 Å². The maximum Gasteiger partial charge on any atom is 0.247 e. The smallest absolute Gasteiger partial charge is 0.247 e. The molecule has 1 aliphatic heterocycles. The minimum absolute atomic E-state index is 0.0909. The van der Waals surface area contributed by atoms with Gasteiger partial charge in [-0.25, -0.2) is 8.42 Å². The molecule has 0 saturated carbocycles. The lowest BCUT2D eigenvalue weighted by Gasteiger charge is -2.28. The molecule has 7 nitrogen and oxygen atoms in total. The van der Waals surface area contributed by atoms with E-state index >= 15 is 0 Å². The Morgan fingerprint density at radius 3 is 2.67 bits per heavy atom. The van der Waals surface area contributed by atoms with E-state index in [4.69, 9.17) is 14.7 Å². The van der Waals surface area contributed by atoms with Crippen molar-refractivity contribution in [1.82, 2.24) is 9.21 Å². The van der Waals surface area contributed by atoms with Gasteiger partial charge < -0.3 is 14.4 Å². The fraction of sp³-hybridized carbons (Fsp3) is 0.562. The summed E-state index contributed by atoms with van der Waals surface area (Å²) < 4.78 is 38.4. The molecule has 0 spiro atoms. The summed E-state index contributed by atoms with van der Waals surface area (Å²) in [5.41, 5.74) is 0. The van der Waals surface area contributed by atoms with E-state index in [9.17, 15) is 8.42 Å². The number of hydrogen-bond donors (Lipinski definition) is 0. The molecule has 1 heterocycles. The first kappa shape index (κ1) is 18.4. The van der Waals surface area contributed by atoms with Crippen molar-refractivity contribution in [3.63, 3.8) is 0 Å². The number of methoxy groups -OCH3 is 2. The highest BCUT2D eigenvalue weighted by atomic mass is 32.2. The molecule has 2 rings (SSSR count). The van der Waals surface area contributed by atoms with Gasteiger partial charge in [-0.3, -0.25) is 0 Å². The van der Waals surface area contributed by atoms with Gasteiger partial charge in [0.15, 0.2) is 6.19 Å². The molecule has 24 heavy (non-hydrogen) atoms. The van der Waals surface area contributed by atoms with Crippen molar-refractivity contribution in [2.24, 2.45) is 0 Å². The molecule has 1 unspecified atom stereocenters. The predicted octanol–water partition coefficient (Wildman–Crippen LogP) is 1.66. The summed E-state index contributed by atoms with van der Waals surface area (Å²) >= 11 is 0. The lowest BCUT2D eigenvalue weighted by molar-refractivity contribution is 0.317. The van der Waals surface area contributed by atoms with E-state index in [1.165, 1.54) is 24.6 Å². The molecule has 0 radical (unpaired) electrons. The predicted molar refractivity (Wildman–Crippen MR) is 89.3 cm³/mol. The van der Waals surface area contributed by atoms with Gasteiger partial charge in [0.25, 0.3) is 0 Å². The summed E-state index contributed by atoms with van der Waals surface area (Å²) in [6.45, 7) is 3.32. The molecule has 1 saturated heterocycles. The van der Waals surface area contributed by atoms with Crippen molar-refractivity contribution in [3.05, 3.63) is 18.2 Å². The highest BCUT2D eigenvalue weighted by Crippen LogP contribution is 2.32. The van der Waals surface area contributed by atoms with Crippen LogP contribution >= 0.6 is 0 Å². The number of benzene rings is 1. The zero-order valence-corrected chi connectivity index (χ0v) is 15.0. The van der Waals surface area contributed by atoms with E-state index in [0.717, 1.165) is 0 Å². The topological polar surface area (TPSA) is 82.9 Å². The first-order valence-electron chi connectivity index (χ1n) is 7.86. The van der Waals surface area contributed by atoms with Gasteiger partial charge in [0, 0.05) is 31.7 Å². The summed E-state index contributed by atoms with van der Waals surface area (Å²) in [4.78, 5) is 1.68. The average molecular weight is 353 g/mol. The van der Waals surface area contributed by atoms with E-state index < -0.39 is 10.0 Å². The molecule has 0 aromatic heterocycles. The van der Waals surface area contributed by atoms with Crippen LogP contribution in [0.3, 0.4) is 0 Å². The van der Waals surface area contributed by atoms with Crippen molar-refractivity contribution in [2.45, 2.75) is 30.7 Å². The highest BCUT2D eigenvalue weighted by Gasteiger charge is 2.36. The summed E-state index contributed by atoms with van der Waals surface area (Å²) in [6.07, 6.45) is 3.42. The Kier molecular flexibility index (Phi) is 5.91. The zero-order valence-electron chi connectivity index (χ0n) is 14.2. The number of nitriles is 1. The highest BCUT2D eigenvalue weighted by molar-refractivity contribution is 7.89. The standard InChI is InChI=1S/C16H23N3O4S/c1-4-8-19(13-7-9-18(11-13)12-17)24(20,21)16-10-14(22-2)5-6-15(16)23-3/h5-6,10,13H,4,7-9,11H2,1-3H3. The van der Waals surface area contributed by atoms with Crippen molar-refractivity contribution < 1.29 is 17.9 Å². The van der Waals surface area contributed by atoms with Crippen molar-refractivity contribution in [1.29, 1.82) is 5.26 Å². The second-order valence-corrected chi connectivity index (χ2v) is 7.48. The minimum atomic E-state index is -3.76. The molecule has 1 aromatic carbocycles. The van der Waals surface area contributed by atoms with Crippen LogP contribution in [0.4, 0.5) is 0 Å². The summed E-state index contributed by atoms with van der Waals surface area (Å²) in [6, 6.07) is 4.51. The zero-order chi connectivity index (χ0) is 17.7. The third-order valence-electron chi connectivity index (χ3n) is 4.11. The van der Waals surface area contributed by atoms with Crippen LogP contribution in [-0.4, -0.2) is 57.5 Å². The lowest BCUT2D eigenvalue weighted by atomic mass is 10.2. The Balaban J connectivity index is 2.44. The first-order chi connectivity index (χ1) is 11.5. The molecule has 1 aliphatic rings. The second kappa shape index (κ2) is 7.73. The molecule has 1 fully saturated rings. The fourth-order valence-corrected chi connectivity index (χ4v) is 4.81. The summed E-state index contributed by atoms with van der Waals surface area (Å²) in [5.74, 6) is 0.739. The third-order valence-corrected chi connectivity index (χ3v) is 6.09. The number of sulfonamides is 1. The maximum atomic E-state index is 13.2. The number of hydrogen-bond acceptors (Lipinski definition) is 6. The molecule has 0 aliphatic carbocycles. The normalized spacial score (nSPS) is 17.8. The number of ether oxygens (including phenoxy) is 2. The molecular weight excluding hydrogens is 330 g/mol. The number of nitrogens with zero attached hydrogens (tertiary/aromatic N) is 3. The Labute approximate surface area is 143 Å². The largest absolute Gasteiger partial charge is 0.497 e. The van der Waals surface area contributed by atoms with E-state index in [1.54, 1.807) is 17.0 Å². The monoisotopic (exact) mass is 353 g/mol. The number of likely N-dealkylation sites (tertiary alicyclic amines) is 1. The molecule has 132 valence electrons. The van der Waals surface area contributed by atoms with Crippen LogP contribution in [0.15, 0.2) is 23.1 Å². The molecule has 1 atom stereocenters. The minimum Gasteiger partial charge on any atom is -0.497 e. The van der Waals surface area contributed by atoms with Crippen LogP contribution in [-0.2, 0) is 10.0 Å². The van der Waals surface area contributed by atoms with Gasteiger partial charge in [-0.1, -0.05) is 6.92 Å². The Hall–Kier alpha value is -1.98. The Bertz CT molecular complexity index is 715. The average Bonchev–Trinajstić information content (AvgIpc) is 3.07. The third kappa shape index (κ3) is 3.57. The van der Waals surface area contributed by atoms with Crippen LogP contribution in [0.25, 0.3) is 0 Å². The van der Waals surface area contributed by atoms with Gasteiger partial charge in [-0.05, 0) is 25.0 Å². The van der Waals surface area contributed by atoms with Crippen molar-refractivity contribution >= 4 is 10.0 Å². The summed E-state index contributed by atoms with van der Waals surface area (Å²) in [5, 5.41) is 9.04. The van der Waals surface area contributed by atoms with Gasteiger partial charge in [0.1, 0.15) is 16.4 Å². The number of rotatable bonds is 7. The van der Waals surface area contributed by atoms with Gasteiger partial charge in [-0.15, -0.1) is 0 Å². The fourth-order valence-electron chi connectivity index (χ4n) is 2.90. The Morgan fingerprint density at radius 2 is 2.12 bits per heavy atom. The summed E-state index contributed by atoms with van der Waals surface area (Å²) in [7, 11) is -0.829. The quantitative estimate of drug-likeness (QED) is 0.693. The van der Waals surface area contributed by atoms with Crippen molar-refractivity contribution in [2.75, 3.05) is 33.9 Å². The van der Waals surface area contributed by atoms with Crippen molar-refractivity contribution in [3.8, 4) is 17.7 Å². The van der Waals surface area contributed by atoms with Gasteiger partial charge in [0.2, 0.25) is 10.0 Å². The van der Waals surface area contributed by atoms with Crippen LogP contribution < -0.4 is 9.47 Å². The van der Waals surface area contributed by atoms with E-state index in [-0.39, 0.29) is 16.7 Å². The Morgan fingerprint density at radius 1 is 1.38 bits per heavy atom. The lowest BCUT2D eigenvalue weighted by Crippen LogP contribution is -2.42.